The van der Waals surface area contributed by atoms with Gasteiger partial charge in [-0.05, 0) is 32.6 Å². The van der Waals surface area contributed by atoms with Gasteiger partial charge in [0.2, 0.25) is 0 Å². The van der Waals surface area contributed by atoms with Crippen molar-refractivity contribution in [2.45, 2.75) is 6.92 Å². The molecule has 1 aromatic carbocycles. The lowest BCUT2D eigenvalue weighted by molar-refractivity contribution is -0.135. The summed E-state index contributed by atoms with van der Waals surface area (Å²) < 4.78 is 0. The summed E-state index contributed by atoms with van der Waals surface area (Å²) in [6, 6.07) is 7.54. The Kier molecular flexibility index (Phi) is 5.34. The van der Waals surface area contributed by atoms with Crippen LogP contribution in [-0.2, 0) is 4.79 Å². The molecular weight excluding hydrogens is 242 g/mol. The Hall–Kier alpha value is -2.06. The van der Waals surface area contributed by atoms with Crippen LogP contribution in [0.4, 0.5) is 5.69 Å². The third kappa shape index (κ3) is 4.27. The van der Waals surface area contributed by atoms with E-state index in [1.54, 1.807) is 11.0 Å². The van der Waals surface area contributed by atoms with Crippen LogP contribution in [0.3, 0.4) is 0 Å². The number of carboxylic acids is 1. The highest BCUT2D eigenvalue weighted by atomic mass is 16.4. The molecule has 1 rings (SSSR count). The molecule has 0 aromatic heterocycles. The van der Waals surface area contributed by atoms with Gasteiger partial charge in [0.15, 0.2) is 0 Å². The topological polar surface area (TPSA) is 67.6 Å². The number of likely N-dealkylation sites (N-methyl/N-ethyl adjacent to an activating group) is 1. The fourth-order valence-corrected chi connectivity index (χ4v) is 1.92. The second-order valence-corrected chi connectivity index (χ2v) is 4.70. The van der Waals surface area contributed by atoms with Gasteiger partial charge in [-0.2, -0.15) is 5.26 Å². The summed E-state index contributed by atoms with van der Waals surface area (Å²) in [5.74, 6) is -0.897. The van der Waals surface area contributed by atoms with Crippen molar-refractivity contribution in [1.29, 1.82) is 5.26 Å². The van der Waals surface area contributed by atoms with E-state index in [4.69, 9.17) is 10.4 Å². The number of carbonyl (C=O) groups is 1. The van der Waals surface area contributed by atoms with Gasteiger partial charge >= 0.3 is 5.97 Å². The van der Waals surface area contributed by atoms with E-state index in [1.165, 1.54) is 0 Å². The lowest BCUT2D eigenvalue weighted by atomic mass is 10.1. The van der Waals surface area contributed by atoms with Crippen molar-refractivity contribution in [3.63, 3.8) is 0 Å². The Labute approximate surface area is 113 Å². The SMILES string of the molecule is Cc1cccc(C#N)c1N(CCN(C)C)CC(=O)O. The van der Waals surface area contributed by atoms with Gasteiger partial charge in [0, 0.05) is 13.1 Å². The zero-order valence-corrected chi connectivity index (χ0v) is 11.6. The Morgan fingerprint density at radius 3 is 2.58 bits per heavy atom. The van der Waals surface area contributed by atoms with E-state index in [9.17, 15) is 4.79 Å². The molecule has 0 radical (unpaired) electrons. The zero-order valence-electron chi connectivity index (χ0n) is 11.6. The average molecular weight is 261 g/mol. The summed E-state index contributed by atoms with van der Waals surface area (Å²) in [6.45, 7) is 3.08. The van der Waals surface area contributed by atoms with Crippen molar-refractivity contribution in [2.75, 3.05) is 38.6 Å². The van der Waals surface area contributed by atoms with Crippen molar-refractivity contribution in [3.05, 3.63) is 29.3 Å². The summed E-state index contributed by atoms with van der Waals surface area (Å²) in [7, 11) is 3.87. The second kappa shape index (κ2) is 6.76. The fourth-order valence-electron chi connectivity index (χ4n) is 1.92. The monoisotopic (exact) mass is 261 g/mol. The minimum atomic E-state index is -0.897. The second-order valence-electron chi connectivity index (χ2n) is 4.70. The molecule has 0 saturated carbocycles. The van der Waals surface area contributed by atoms with E-state index >= 15 is 0 Å². The van der Waals surface area contributed by atoms with Crippen LogP contribution in [0.5, 0.6) is 0 Å². The molecule has 0 bridgehead atoms. The van der Waals surface area contributed by atoms with Gasteiger partial charge < -0.3 is 14.9 Å². The van der Waals surface area contributed by atoms with Crippen LogP contribution in [0.15, 0.2) is 18.2 Å². The van der Waals surface area contributed by atoms with Crippen LogP contribution >= 0.6 is 0 Å². The Morgan fingerprint density at radius 2 is 2.05 bits per heavy atom. The molecule has 19 heavy (non-hydrogen) atoms. The van der Waals surface area contributed by atoms with Gasteiger partial charge in [-0.25, -0.2) is 0 Å². The first-order chi connectivity index (χ1) is 8.95. The number of carboxylic acid groups (broad SMARTS) is 1. The molecule has 5 nitrogen and oxygen atoms in total. The predicted molar refractivity (Wildman–Crippen MR) is 74.3 cm³/mol. The molecule has 0 aliphatic heterocycles. The molecule has 5 heteroatoms. The Morgan fingerprint density at radius 1 is 1.37 bits per heavy atom. The molecule has 0 fully saturated rings. The molecule has 1 N–H and O–H groups in total. The minimum absolute atomic E-state index is 0.104. The molecule has 0 unspecified atom stereocenters. The molecule has 1 aromatic rings. The van der Waals surface area contributed by atoms with Crippen molar-refractivity contribution < 1.29 is 9.90 Å². The van der Waals surface area contributed by atoms with Crippen LogP contribution in [0.25, 0.3) is 0 Å². The van der Waals surface area contributed by atoms with Crippen molar-refractivity contribution in [2.24, 2.45) is 0 Å². The predicted octanol–water partition coefficient (Wildman–Crippen LogP) is 1.32. The van der Waals surface area contributed by atoms with Crippen LogP contribution < -0.4 is 4.90 Å². The number of hydrogen-bond donors (Lipinski definition) is 1. The maximum Gasteiger partial charge on any atom is 0.323 e. The van der Waals surface area contributed by atoms with Crippen LogP contribution in [0.2, 0.25) is 0 Å². The molecule has 0 amide bonds. The first-order valence-corrected chi connectivity index (χ1v) is 6.07. The van der Waals surface area contributed by atoms with Gasteiger partial charge in [-0.3, -0.25) is 4.79 Å². The highest BCUT2D eigenvalue weighted by Crippen LogP contribution is 2.24. The lowest BCUT2D eigenvalue weighted by Gasteiger charge is -2.27. The molecule has 0 spiro atoms. The maximum atomic E-state index is 11.0. The first-order valence-electron chi connectivity index (χ1n) is 6.07. The first kappa shape index (κ1) is 15.0. The number of aliphatic carboxylic acids is 1. The smallest absolute Gasteiger partial charge is 0.323 e. The van der Waals surface area contributed by atoms with E-state index in [-0.39, 0.29) is 6.54 Å². The van der Waals surface area contributed by atoms with Crippen molar-refractivity contribution in [1.82, 2.24) is 4.90 Å². The number of hydrogen-bond acceptors (Lipinski definition) is 4. The zero-order chi connectivity index (χ0) is 14.4. The highest BCUT2D eigenvalue weighted by Gasteiger charge is 2.16. The summed E-state index contributed by atoms with van der Waals surface area (Å²) in [5.41, 5.74) is 2.15. The maximum absolute atomic E-state index is 11.0. The van der Waals surface area contributed by atoms with Gasteiger partial charge in [0.25, 0.3) is 0 Å². The quantitative estimate of drug-likeness (QED) is 0.836. The normalized spacial score (nSPS) is 10.3. The third-order valence-corrected chi connectivity index (χ3v) is 2.82. The van der Waals surface area contributed by atoms with E-state index in [1.807, 2.05) is 38.1 Å². The minimum Gasteiger partial charge on any atom is -0.480 e. The average Bonchev–Trinajstić information content (AvgIpc) is 2.33. The number of aryl methyl sites for hydroxylation is 1. The van der Waals surface area contributed by atoms with Crippen LogP contribution in [-0.4, -0.2) is 49.7 Å². The summed E-state index contributed by atoms with van der Waals surface area (Å²) in [5, 5.41) is 18.2. The molecular formula is C14H19N3O2. The van der Waals surface area contributed by atoms with Gasteiger partial charge in [-0.15, -0.1) is 0 Å². The lowest BCUT2D eigenvalue weighted by Crippen LogP contribution is -2.36. The number of benzene rings is 1. The highest BCUT2D eigenvalue weighted by molar-refractivity contribution is 5.76. The Balaban J connectivity index is 3.09. The number of rotatable bonds is 6. The number of para-hydroxylation sites is 1. The molecule has 0 atom stereocenters. The van der Waals surface area contributed by atoms with Crippen molar-refractivity contribution >= 4 is 11.7 Å². The van der Waals surface area contributed by atoms with Gasteiger partial charge in [0.1, 0.15) is 12.6 Å². The summed E-state index contributed by atoms with van der Waals surface area (Å²) >= 11 is 0. The van der Waals surface area contributed by atoms with E-state index in [0.29, 0.717) is 17.8 Å². The molecule has 102 valence electrons. The standard InChI is InChI=1S/C14H19N3O2/c1-11-5-4-6-12(9-15)14(11)17(10-13(18)19)8-7-16(2)3/h4-6H,7-8,10H2,1-3H3,(H,18,19). The largest absolute Gasteiger partial charge is 0.480 e. The molecule has 0 aliphatic carbocycles. The van der Waals surface area contributed by atoms with Crippen LogP contribution in [0.1, 0.15) is 11.1 Å². The Bertz CT molecular complexity index is 492. The summed E-state index contributed by atoms with van der Waals surface area (Å²) in [4.78, 5) is 14.7. The molecule has 0 aliphatic rings. The molecule has 0 heterocycles. The summed E-state index contributed by atoms with van der Waals surface area (Å²) in [6.07, 6.45) is 0. The van der Waals surface area contributed by atoms with E-state index in [0.717, 1.165) is 12.1 Å². The van der Waals surface area contributed by atoms with E-state index in [2.05, 4.69) is 6.07 Å². The number of nitrogens with zero attached hydrogens (tertiary/aromatic N) is 3. The van der Waals surface area contributed by atoms with Crippen molar-refractivity contribution in [3.8, 4) is 6.07 Å². The van der Waals surface area contributed by atoms with Gasteiger partial charge in [0.05, 0.1) is 11.3 Å². The number of anilines is 1. The fraction of sp³-hybridized carbons (Fsp3) is 0.429. The van der Waals surface area contributed by atoms with E-state index < -0.39 is 5.97 Å². The van der Waals surface area contributed by atoms with Gasteiger partial charge in [-0.1, -0.05) is 12.1 Å². The van der Waals surface area contributed by atoms with Crippen LogP contribution in [0, 0.1) is 18.3 Å². The number of nitriles is 1. The molecule has 0 saturated heterocycles. The third-order valence-electron chi connectivity index (χ3n) is 2.82.